The summed E-state index contributed by atoms with van der Waals surface area (Å²) >= 11 is 0. The zero-order chi connectivity index (χ0) is 14.3. The predicted octanol–water partition coefficient (Wildman–Crippen LogP) is 0.928. The van der Waals surface area contributed by atoms with Crippen LogP contribution < -0.4 is 10.6 Å². The van der Waals surface area contributed by atoms with E-state index in [4.69, 9.17) is 5.11 Å². The first-order valence-electron chi connectivity index (χ1n) is 6.33. The normalized spacial score (nSPS) is 11.9. The van der Waals surface area contributed by atoms with Gasteiger partial charge in [-0.05, 0) is 25.0 Å². The second kappa shape index (κ2) is 7.53. The first-order valence-corrected chi connectivity index (χ1v) is 6.33. The quantitative estimate of drug-likeness (QED) is 0.684. The van der Waals surface area contributed by atoms with Gasteiger partial charge in [0.05, 0.1) is 12.5 Å². The highest BCUT2D eigenvalue weighted by Gasteiger charge is 2.10. The van der Waals surface area contributed by atoms with Gasteiger partial charge < -0.3 is 15.7 Å². The van der Waals surface area contributed by atoms with Crippen molar-refractivity contribution in [2.24, 2.45) is 0 Å². The fourth-order valence-corrected chi connectivity index (χ4v) is 1.64. The highest BCUT2D eigenvalue weighted by Crippen LogP contribution is 2.05. The molecule has 0 fully saturated rings. The average Bonchev–Trinajstić information content (AvgIpc) is 2.37. The zero-order valence-electron chi connectivity index (χ0n) is 11.3. The van der Waals surface area contributed by atoms with Gasteiger partial charge in [-0.3, -0.25) is 9.59 Å². The van der Waals surface area contributed by atoms with Crippen LogP contribution in [0.5, 0.6) is 0 Å². The van der Waals surface area contributed by atoms with Crippen molar-refractivity contribution in [3.05, 3.63) is 35.4 Å². The molecule has 0 bridgehead atoms. The highest BCUT2D eigenvalue weighted by atomic mass is 16.4. The van der Waals surface area contributed by atoms with Crippen LogP contribution in [-0.2, 0) is 22.6 Å². The van der Waals surface area contributed by atoms with Crippen LogP contribution in [0.4, 0.5) is 0 Å². The molecule has 0 saturated heterocycles. The predicted molar refractivity (Wildman–Crippen MR) is 72.8 cm³/mol. The van der Waals surface area contributed by atoms with Crippen LogP contribution in [-0.4, -0.2) is 29.6 Å². The molecule has 0 aromatic heterocycles. The second-order valence-electron chi connectivity index (χ2n) is 4.38. The lowest BCUT2D eigenvalue weighted by Crippen LogP contribution is -2.41. The van der Waals surface area contributed by atoms with Crippen molar-refractivity contribution in [3.8, 4) is 0 Å². The molecule has 19 heavy (non-hydrogen) atoms. The Morgan fingerprint density at radius 1 is 1.21 bits per heavy atom. The van der Waals surface area contributed by atoms with Gasteiger partial charge >= 0.3 is 5.97 Å². The summed E-state index contributed by atoms with van der Waals surface area (Å²) in [7, 11) is 0. The number of carbonyl (C=O) groups is 2. The number of carboxylic acid groups (broad SMARTS) is 1. The monoisotopic (exact) mass is 264 g/mol. The maximum atomic E-state index is 11.5. The molecule has 1 rings (SSSR count). The summed E-state index contributed by atoms with van der Waals surface area (Å²) in [6, 6.07) is 7.08. The first kappa shape index (κ1) is 15.2. The van der Waals surface area contributed by atoms with Crippen molar-refractivity contribution in [1.82, 2.24) is 10.6 Å². The van der Waals surface area contributed by atoms with Gasteiger partial charge in [-0.15, -0.1) is 0 Å². The Morgan fingerprint density at radius 3 is 2.32 bits per heavy atom. The SMILES string of the molecule is CCNC(=O)C(C)NCc1ccc(CC(=O)O)cc1. The van der Waals surface area contributed by atoms with E-state index in [0.717, 1.165) is 11.1 Å². The van der Waals surface area contributed by atoms with Crippen molar-refractivity contribution in [2.75, 3.05) is 6.54 Å². The van der Waals surface area contributed by atoms with Crippen molar-refractivity contribution in [1.29, 1.82) is 0 Å². The molecule has 3 N–H and O–H groups in total. The van der Waals surface area contributed by atoms with Gasteiger partial charge in [0.15, 0.2) is 0 Å². The Hall–Kier alpha value is -1.88. The van der Waals surface area contributed by atoms with Gasteiger partial charge in [0, 0.05) is 13.1 Å². The zero-order valence-corrected chi connectivity index (χ0v) is 11.3. The highest BCUT2D eigenvalue weighted by molar-refractivity contribution is 5.81. The number of rotatable bonds is 7. The molecule has 0 aliphatic rings. The largest absolute Gasteiger partial charge is 0.481 e. The topological polar surface area (TPSA) is 78.4 Å². The third-order valence-corrected chi connectivity index (χ3v) is 2.73. The van der Waals surface area contributed by atoms with Gasteiger partial charge in [0.25, 0.3) is 0 Å². The maximum Gasteiger partial charge on any atom is 0.307 e. The molecular weight excluding hydrogens is 244 g/mol. The fraction of sp³-hybridized carbons (Fsp3) is 0.429. The first-order chi connectivity index (χ1) is 9.02. The van der Waals surface area contributed by atoms with E-state index in [2.05, 4.69) is 10.6 Å². The molecule has 104 valence electrons. The molecule has 0 spiro atoms. The van der Waals surface area contributed by atoms with Gasteiger partial charge in [0.2, 0.25) is 5.91 Å². The summed E-state index contributed by atoms with van der Waals surface area (Å²) in [5.74, 6) is -0.860. The van der Waals surface area contributed by atoms with Gasteiger partial charge in [-0.25, -0.2) is 0 Å². The molecule has 1 unspecified atom stereocenters. The van der Waals surface area contributed by atoms with Crippen molar-refractivity contribution in [2.45, 2.75) is 32.9 Å². The molecular formula is C14H20N2O3. The summed E-state index contributed by atoms with van der Waals surface area (Å²) in [6.45, 7) is 4.88. The molecule has 0 heterocycles. The van der Waals surface area contributed by atoms with E-state index in [0.29, 0.717) is 13.1 Å². The number of benzene rings is 1. The summed E-state index contributed by atoms with van der Waals surface area (Å²) < 4.78 is 0. The molecule has 1 atom stereocenters. The van der Waals surface area contributed by atoms with E-state index < -0.39 is 5.97 Å². The van der Waals surface area contributed by atoms with E-state index in [-0.39, 0.29) is 18.4 Å². The van der Waals surface area contributed by atoms with E-state index >= 15 is 0 Å². The van der Waals surface area contributed by atoms with Crippen LogP contribution in [0.2, 0.25) is 0 Å². The lowest BCUT2D eigenvalue weighted by Gasteiger charge is -2.13. The summed E-state index contributed by atoms with van der Waals surface area (Å²) in [4.78, 5) is 22.0. The Morgan fingerprint density at radius 2 is 1.79 bits per heavy atom. The number of nitrogens with one attached hydrogen (secondary N) is 2. The van der Waals surface area contributed by atoms with Crippen molar-refractivity contribution >= 4 is 11.9 Å². The Labute approximate surface area is 113 Å². The van der Waals surface area contributed by atoms with Crippen LogP contribution in [0.15, 0.2) is 24.3 Å². The number of amides is 1. The third-order valence-electron chi connectivity index (χ3n) is 2.73. The number of carbonyl (C=O) groups excluding carboxylic acids is 1. The number of hydrogen-bond acceptors (Lipinski definition) is 3. The second-order valence-corrected chi connectivity index (χ2v) is 4.38. The maximum absolute atomic E-state index is 11.5. The molecule has 0 aliphatic heterocycles. The molecule has 0 aliphatic carbocycles. The molecule has 1 aromatic carbocycles. The minimum atomic E-state index is -0.837. The molecule has 1 aromatic rings. The Bertz CT molecular complexity index is 429. The van der Waals surface area contributed by atoms with E-state index in [9.17, 15) is 9.59 Å². The number of aliphatic carboxylic acids is 1. The summed E-state index contributed by atoms with van der Waals surface area (Å²) in [5.41, 5.74) is 1.79. The van der Waals surface area contributed by atoms with E-state index in [1.165, 1.54) is 0 Å². The van der Waals surface area contributed by atoms with Crippen LogP contribution in [0.1, 0.15) is 25.0 Å². The van der Waals surface area contributed by atoms with Crippen LogP contribution >= 0.6 is 0 Å². The number of likely N-dealkylation sites (N-methyl/N-ethyl adjacent to an activating group) is 1. The average molecular weight is 264 g/mol. The Balaban J connectivity index is 2.45. The molecule has 5 heteroatoms. The summed E-state index contributed by atoms with van der Waals surface area (Å²) in [6.07, 6.45) is 0.0308. The molecule has 0 saturated carbocycles. The van der Waals surface area contributed by atoms with Crippen LogP contribution in [0.3, 0.4) is 0 Å². The van der Waals surface area contributed by atoms with Crippen LogP contribution in [0.25, 0.3) is 0 Å². The Kier molecular flexibility index (Phi) is 6.02. The number of hydrogen-bond donors (Lipinski definition) is 3. The summed E-state index contributed by atoms with van der Waals surface area (Å²) in [5, 5.41) is 14.5. The van der Waals surface area contributed by atoms with Gasteiger partial charge in [-0.2, -0.15) is 0 Å². The van der Waals surface area contributed by atoms with E-state index in [1.54, 1.807) is 12.1 Å². The number of carboxylic acids is 1. The molecule has 0 radical (unpaired) electrons. The lowest BCUT2D eigenvalue weighted by atomic mass is 10.1. The van der Waals surface area contributed by atoms with Crippen molar-refractivity contribution in [3.63, 3.8) is 0 Å². The fourth-order valence-electron chi connectivity index (χ4n) is 1.64. The molecule has 1 amide bonds. The van der Waals surface area contributed by atoms with Gasteiger partial charge in [0.1, 0.15) is 0 Å². The molecule has 5 nitrogen and oxygen atoms in total. The lowest BCUT2D eigenvalue weighted by molar-refractivity contribution is -0.136. The van der Waals surface area contributed by atoms with Gasteiger partial charge in [-0.1, -0.05) is 24.3 Å². The minimum absolute atomic E-state index is 0.0232. The van der Waals surface area contributed by atoms with Crippen LogP contribution in [0, 0.1) is 0 Å². The minimum Gasteiger partial charge on any atom is -0.481 e. The van der Waals surface area contributed by atoms with E-state index in [1.807, 2.05) is 26.0 Å². The van der Waals surface area contributed by atoms with Crippen molar-refractivity contribution < 1.29 is 14.7 Å². The third kappa shape index (κ3) is 5.52. The smallest absolute Gasteiger partial charge is 0.307 e. The standard InChI is InChI=1S/C14H20N2O3/c1-3-15-14(19)10(2)16-9-12-6-4-11(5-7-12)8-13(17)18/h4-7,10,16H,3,8-9H2,1-2H3,(H,15,19)(H,17,18).